The Bertz CT molecular complexity index is 785. The van der Waals surface area contributed by atoms with Gasteiger partial charge < -0.3 is 10.3 Å². The molecule has 3 amide bonds. The number of nitrogens with zero attached hydrogens (tertiary/aromatic N) is 4. The maximum atomic E-state index is 11.8. The normalized spacial score (nSPS) is 10.8. The van der Waals surface area contributed by atoms with Gasteiger partial charge in [-0.1, -0.05) is 18.2 Å². The quantitative estimate of drug-likeness (QED) is 0.795. The third-order valence-corrected chi connectivity index (χ3v) is 2.78. The van der Waals surface area contributed by atoms with Crippen LogP contribution in [0.2, 0.25) is 0 Å². The molecule has 1 aromatic carbocycles. The molecule has 0 saturated carbocycles. The Morgan fingerprint density at radius 3 is 2.59 bits per heavy atom. The number of anilines is 1. The van der Waals surface area contributed by atoms with Crippen LogP contribution in [0, 0.1) is 11.3 Å². The lowest BCUT2D eigenvalue weighted by Crippen LogP contribution is -2.28. The van der Waals surface area contributed by atoms with Crippen molar-refractivity contribution in [2.45, 2.75) is 0 Å². The highest BCUT2D eigenvalue weighted by atomic mass is 16.2. The molecule has 0 bridgehead atoms. The number of carbonyl (C=O) groups excluding carboxylic acids is 2. The molecule has 0 saturated heterocycles. The molecule has 1 aromatic heterocycles. The predicted molar refractivity (Wildman–Crippen MR) is 79.1 cm³/mol. The van der Waals surface area contributed by atoms with Crippen molar-refractivity contribution in [2.75, 3.05) is 5.73 Å². The average Bonchev–Trinajstić information content (AvgIpc) is 2.85. The Morgan fingerprint density at radius 2 is 2.05 bits per heavy atom. The van der Waals surface area contributed by atoms with Crippen LogP contribution in [0.5, 0.6) is 0 Å². The fourth-order valence-corrected chi connectivity index (χ4v) is 1.64. The standard InChI is InChI=1S/C14H12N6O2/c1-20-8-17-11(12(20)16)10(7-15)18-14(22)19-13(21)9-5-3-2-4-6-9/h2-6,8H,16H2,1H3,(H,19,21,22)/b18-10+. The van der Waals surface area contributed by atoms with Crippen LogP contribution < -0.4 is 11.1 Å². The fraction of sp³-hybridized carbons (Fsp3) is 0.0714. The highest BCUT2D eigenvalue weighted by Crippen LogP contribution is 2.09. The number of benzene rings is 1. The van der Waals surface area contributed by atoms with E-state index < -0.39 is 11.9 Å². The van der Waals surface area contributed by atoms with E-state index in [1.165, 1.54) is 10.9 Å². The zero-order valence-corrected chi connectivity index (χ0v) is 11.6. The summed E-state index contributed by atoms with van der Waals surface area (Å²) in [6, 6.07) is 8.95. The smallest absolute Gasteiger partial charge is 0.349 e. The molecule has 110 valence electrons. The van der Waals surface area contributed by atoms with Gasteiger partial charge in [-0.25, -0.2) is 9.78 Å². The number of aliphatic imine (C=N–C) groups is 1. The van der Waals surface area contributed by atoms with Crippen LogP contribution in [0.3, 0.4) is 0 Å². The first-order chi connectivity index (χ1) is 10.5. The summed E-state index contributed by atoms with van der Waals surface area (Å²) in [5, 5.41) is 11.1. The molecule has 1 heterocycles. The molecule has 22 heavy (non-hydrogen) atoms. The average molecular weight is 296 g/mol. The maximum Gasteiger partial charge on any atom is 0.349 e. The van der Waals surface area contributed by atoms with Crippen LogP contribution >= 0.6 is 0 Å². The van der Waals surface area contributed by atoms with Crippen molar-refractivity contribution in [1.29, 1.82) is 5.26 Å². The molecule has 2 rings (SSSR count). The van der Waals surface area contributed by atoms with Crippen LogP contribution in [0.1, 0.15) is 16.1 Å². The second kappa shape index (κ2) is 6.32. The molecule has 2 aromatic rings. The highest BCUT2D eigenvalue weighted by Gasteiger charge is 2.15. The number of aryl methyl sites for hydroxylation is 1. The van der Waals surface area contributed by atoms with E-state index in [9.17, 15) is 9.59 Å². The number of rotatable bonds is 2. The number of nitrogens with two attached hydrogens (primary N) is 1. The first-order valence-electron chi connectivity index (χ1n) is 6.19. The van der Waals surface area contributed by atoms with Gasteiger partial charge in [0, 0.05) is 12.6 Å². The molecule has 0 aliphatic carbocycles. The zero-order valence-electron chi connectivity index (χ0n) is 11.6. The van der Waals surface area contributed by atoms with Gasteiger partial charge in [0.05, 0.1) is 6.33 Å². The number of hydrogen-bond donors (Lipinski definition) is 2. The summed E-state index contributed by atoms with van der Waals surface area (Å²) in [7, 11) is 1.64. The first kappa shape index (κ1) is 14.9. The maximum absolute atomic E-state index is 11.8. The molecule has 8 heteroatoms. The third kappa shape index (κ3) is 3.16. The number of amides is 3. The summed E-state index contributed by atoms with van der Waals surface area (Å²) in [4.78, 5) is 31.0. The van der Waals surface area contributed by atoms with Crippen LogP contribution in [-0.4, -0.2) is 27.2 Å². The van der Waals surface area contributed by atoms with Crippen LogP contribution in [0.4, 0.5) is 10.6 Å². The van der Waals surface area contributed by atoms with Gasteiger partial charge in [-0.3, -0.25) is 10.1 Å². The minimum absolute atomic E-state index is 0.0901. The Balaban J connectivity index is 2.17. The van der Waals surface area contributed by atoms with Crippen LogP contribution in [-0.2, 0) is 7.05 Å². The fourth-order valence-electron chi connectivity index (χ4n) is 1.64. The summed E-state index contributed by atoms with van der Waals surface area (Å²) in [5.74, 6) is -0.414. The molecule has 8 nitrogen and oxygen atoms in total. The van der Waals surface area contributed by atoms with E-state index in [4.69, 9.17) is 11.0 Å². The molecule has 0 fully saturated rings. The second-order valence-corrected chi connectivity index (χ2v) is 4.29. The molecular weight excluding hydrogens is 284 g/mol. The molecule has 3 N–H and O–H groups in total. The SMILES string of the molecule is Cn1cnc(/C(C#N)=N/C(=O)NC(=O)c2ccccc2)c1N. The van der Waals surface area contributed by atoms with Gasteiger partial charge in [0.25, 0.3) is 5.91 Å². The van der Waals surface area contributed by atoms with Crippen molar-refractivity contribution < 1.29 is 9.59 Å². The Kier molecular flexibility index (Phi) is 4.29. The Hall–Kier alpha value is -3.47. The number of nitrogens with one attached hydrogen (secondary N) is 1. The van der Waals surface area contributed by atoms with Gasteiger partial charge in [0.1, 0.15) is 17.6 Å². The lowest BCUT2D eigenvalue weighted by atomic mass is 10.2. The molecule has 0 aliphatic rings. The van der Waals surface area contributed by atoms with Crippen molar-refractivity contribution in [3.8, 4) is 6.07 Å². The summed E-state index contributed by atoms with van der Waals surface area (Å²) in [5.41, 5.74) is 5.85. The number of nitrogen functional groups attached to an aromatic ring is 1. The zero-order chi connectivity index (χ0) is 16.1. The van der Waals surface area contributed by atoms with Crippen molar-refractivity contribution in [2.24, 2.45) is 12.0 Å². The van der Waals surface area contributed by atoms with E-state index in [1.807, 2.05) is 0 Å². The third-order valence-electron chi connectivity index (χ3n) is 2.78. The number of imide groups is 1. The number of hydrogen-bond acceptors (Lipinski definition) is 5. The van der Waals surface area contributed by atoms with Gasteiger partial charge in [0.15, 0.2) is 5.71 Å². The van der Waals surface area contributed by atoms with Gasteiger partial charge in [-0.2, -0.15) is 10.3 Å². The molecule has 0 unspecified atom stereocenters. The van der Waals surface area contributed by atoms with E-state index >= 15 is 0 Å². The first-order valence-corrected chi connectivity index (χ1v) is 6.19. The summed E-state index contributed by atoms with van der Waals surface area (Å²) in [6.07, 6.45) is 1.39. The van der Waals surface area contributed by atoms with E-state index in [0.29, 0.717) is 5.56 Å². The molecule has 0 aliphatic heterocycles. The van der Waals surface area contributed by atoms with E-state index in [0.717, 1.165) is 0 Å². The Labute approximate surface area is 125 Å². The number of nitriles is 1. The van der Waals surface area contributed by atoms with Gasteiger partial charge in [0.2, 0.25) is 0 Å². The van der Waals surface area contributed by atoms with Crippen molar-refractivity contribution in [1.82, 2.24) is 14.9 Å². The molecule has 0 radical (unpaired) electrons. The van der Waals surface area contributed by atoms with Crippen molar-refractivity contribution in [3.05, 3.63) is 47.9 Å². The van der Waals surface area contributed by atoms with Crippen molar-refractivity contribution >= 4 is 23.5 Å². The van der Waals surface area contributed by atoms with E-state index in [-0.39, 0.29) is 17.2 Å². The number of carbonyl (C=O) groups is 2. The largest absolute Gasteiger partial charge is 0.383 e. The lowest BCUT2D eigenvalue weighted by Gasteiger charge is -2.01. The number of urea groups is 1. The minimum atomic E-state index is -0.963. The second-order valence-electron chi connectivity index (χ2n) is 4.29. The minimum Gasteiger partial charge on any atom is -0.383 e. The summed E-state index contributed by atoms with van der Waals surface area (Å²) in [6.45, 7) is 0. The molecule has 0 atom stereocenters. The summed E-state index contributed by atoms with van der Waals surface area (Å²) < 4.78 is 1.48. The highest BCUT2D eigenvalue weighted by molar-refractivity contribution is 6.18. The molecule has 0 spiro atoms. The number of aromatic nitrogens is 2. The van der Waals surface area contributed by atoms with Gasteiger partial charge in [-0.15, -0.1) is 0 Å². The van der Waals surface area contributed by atoms with Crippen LogP contribution in [0.25, 0.3) is 0 Å². The summed E-state index contributed by atoms with van der Waals surface area (Å²) >= 11 is 0. The van der Waals surface area contributed by atoms with E-state index in [1.54, 1.807) is 43.4 Å². The lowest BCUT2D eigenvalue weighted by molar-refractivity contribution is 0.0966. The Morgan fingerprint density at radius 1 is 1.36 bits per heavy atom. The van der Waals surface area contributed by atoms with Crippen molar-refractivity contribution in [3.63, 3.8) is 0 Å². The van der Waals surface area contributed by atoms with Gasteiger partial charge >= 0.3 is 6.03 Å². The topological polar surface area (TPSA) is 126 Å². The predicted octanol–water partition coefficient (Wildman–Crippen LogP) is 0.865. The van der Waals surface area contributed by atoms with Crippen LogP contribution in [0.15, 0.2) is 41.7 Å². The number of imidazole rings is 1. The van der Waals surface area contributed by atoms with E-state index in [2.05, 4.69) is 15.3 Å². The van der Waals surface area contributed by atoms with Gasteiger partial charge in [-0.05, 0) is 12.1 Å². The molecular formula is C14H12N6O2. The monoisotopic (exact) mass is 296 g/mol.